The van der Waals surface area contributed by atoms with Crippen molar-refractivity contribution in [3.8, 4) is 12.1 Å². The molecule has 0 amide bonds. The van der Waals surface area contributed by atoms with Crippen molar-refractivity contribution in [3.63, 3.8) is 0 Å². The molecule has 71 heavy (non-hydrogen) atoms. The maximum Gasteiger partial charge on any atom is 0.169 e. The van der Waals surface area contributed by atoms with E-state index in [-0.39, 0.29) is 33.9 Å². The molecule has 402 valence electrons. The quantitative estimate of drug-likeness (QED) is 0.0622. The number of unbranched alkanes of at least 4 members (excludes halogenated alkanes) is 14. The van der Waals surface area contributed by atoms with Gasteiger partial charge in [0.1, 0.15) is 12.2 Å². The molecule has 1 aliphatic rings. The van der Waals surface area contributed by atoms with Crippen LogP contribution in [0.5, 0.6) is 0 Å². The lowest BCUT2D eigenvalue weighted by Gasteiger charge is -2.29. The molecule has 1 saturated heterocycles. The van der Waals surface area contributed by atoms with Gasteiger partial charge in [-0.05, 0) is 119 Å². The van der Waals surface area contributed by atoms with E-state index in [4.69, 9.17) is 38.9 Å². The second-order valence-corrected chi connectivity index (χ2v) is 24.9. The van der Waals surface area contributed by atoms with Crippen molar-refractivity contribution < 1.29 is 28.4 Å². The Morgan fingerprint density at radius 3 is 1.04 bits per heavy atom. The summed E-state index contributed by atoms with van der Waals surface area (Å²) in [6.45, 7) is 32.2. The molecule has 0 aromatic heterocycles. The van der Waals surface area contributed by atoms with Gasteiger partial charge < -0.3 is 28.4 Å². The number of hydrogen-bond acceptors (Lipinski definition) is 8. The molecular formula is C63H104N2O6. The van der Waals surface area contributed by atoms with Gasteiger partial charge in [-0.25, -0.2) is 0 Å². The van der Waals surface area contributed by atoms with Crippen molar-refractivity contribution in [1.82, 2.24) is 0 Å². The number of nitriles is 2. The SMILES string of the molecule is CC(C)(C)c1cc(CCCCCCCC2(CCCCCCCc3cc(C(C)(C)C)cc(C(C)(C)C)c3)OC(COCCOCCCCCC#N)C(COCCOCCCCCC#N)O2)cc(C(C)(C)C)c1. The number of ether oxygens (including phenoxy) is 6. The van der Waals surface area contributed by atoms with Crippen molar-refractivity contribution in [2.24, 2.45) is 0 Å². The minimum absolute atomic E-state index is 0.130. The molecule has 0 radical (unpaired) electrons. The van der Waals surface area contributed by atoms with Gasteiger partial charge >= 0.3 is 0 Å². The minimum atomic E-state index is -0.657. The number of aryl methyl sites for hydroxylation is 2. The third kappa shape index (κ3) is 25.8. The van der Waals surface area contributed by atoms with E-state index in [9.17, 15) is 0 Å². The first-order chi connectivity index (χ1) is 33.7. The molecule has 0 aliphatic carbocycles. The molecule has 3 rings (SSSR count). The van der Waals surface area contributed by atoms with Gasteiger partial charge in [0.05, 0.1) is 51.8 Å². The van der Waals surface area contributed by atoms with Crippen LogP contribution in [0.4, 0.5) is 0 Å². The molecule has 0 N–H and O–H groups in total. The lowest BCUT2D eigenvalue weighted by atomic mass is 9.79. The number of benzene rings is 2. The Labute approximate surface area is 436 Å². The minimum Gasteiger partial charge on any atom is -0.379 e. The Morgan fingerprint density at radius 2 is 0.704 bits per heavy atom. The average molecular weight is 986 g/mol. The predicted molar refractivity (Wildman–Crippen MR) is 294 cm³/mol. The zero-order valence-corrected chi connectivity index (χ0v) is 47.7. The molecule has 0 saturated carbocycles. The van der Waals surface area contributed by atoms with E-state index in [1.165, 1.54) is 71.9 Å². The van der Waals surface area contributed by atoms with Crippen LogP contribution in [0.3, 0.4) is 0 Å². The summed E-state index contributed by atoms with van der Waals surface area (Å²) in [6, 6.07) is 19.1. The van der Waals surface area contributed by atoms with E-state index in [0.29, 0.717) is 65.7 Å². The molecule has 0 bridgehead atoms. The molecule has 2 aromatic rings. The smallest absolute Gasteiger partial charge is 0.169 e. The first-order valence-corrected chi connectivity index (χ1v) is 28.4. The van der Waals surface area contributed by atoms with Crippen LogP contribution in [0.15, 0.2) is 36.4 Å². The molecular weight excluding hydrogens is 881 g/mol. The Hall–Kier alpha value is -2.82. The van der Waals surface area contributed by atoms with Crippen LogP contribution in [0.1, 0.15) is 245 Å². The molecule has 1 aliphatic heterocycles. The summed E-state index contributed by atoms with van der Waals surface area (Å²) in [5.41, 5.74) is 9.20. The summed E-state index contributed by atoms with van der Waals surface area (Å²) in [5, 5.41) is 17.6. The maximum absolute atomic E-state index is 8.82. The Balaban J connectivity index is 1.63. The standard InChI is InChI=1S/C63H104N2O6/c1-59(2,3)53-43-51(44-54(47-53)60(4,5)6)31-23-15-13-17-25-33-63(34-26-18-14-16-24-32-52-45-55(61(7,8)9)48-56(46-52)62(10,11)12)70-57(49-68-41-39-66-37-29-21-19-27-35-64)58(71-63)50-69-42-40-67-38-30-22-20-28-36-65/h43-48,57-58H,13-34,37-42,49-50H2,1-12H3. The van der Waals surface area contributed by atoms with Crippen LogP contribution in [0.25, 0.3) is 0 Å². The van der Waals surface area contributed by atoms with Gasteiger partial charge in [0.2, 0.25) is 0 Å². The van der Waals surface area contributed by atoms with E-state index in [2.05, 4.69) is 132 Å². The van der Waals surface area contributed by atoms with Gasteiger partial charge in [-0.2, -0.15) is 10.5 Å². The molecule has 1 heterocycles. The third-order valence-electron chi connectivity index (χ3n) is 14.1. The normalized spacial score (nSPS) is 16.4. The van der Waals surface area contributed by atoms with Crippen molar-refractivity contribution in [3.05, 3.63) is 69.8 Å². The lowest BCUT2D eigenvalue weighted by molar-refractivity contribution is -0.193. The highest BCUT2D eigenvalue weighted by Crippen LogP contribution is 2.39. The Morgan fingerprint density at radius 1 is 0.394 bits per heavy atom. The van der Waals surface area contributed by atoms with Gasteiger partial charge in [0, 0.05) is 38.9 Å². The summed E-state index contributed by atoms with van der Waals surface area (Å²) in [6.07, 6.45) is 22.2. The lowest BCUT2D eigenvalue weighted by Crippen LogP contribution is -2.32. The van der Waals surface area contributed by atoms with E-state index in [1.807, 2.05) is 0 Å². The number of nitrogens with zero attached hydrogens (tertiary/aromatic N) is 2. The maximum atomic E-state index is 8.82. The summed E-state index contributed by atoms with van der Waals surface area (Å²) in [7, 11) is 0. The van der Waals surface area contributed by atoms with Crippen molar-refractivity contribution in [2.75, 3.05) is 52.9 Å². The molecule has 1 fully saturated rings. The summed E-state index contributed by atoms with van der Waals surface area (Å²) < 4.78 is 38.3. The molecule has 2 unspecified atom stereocenters. The highest BCUT2D eigenvalue weighted by atomic mass is 16.8. The van der Waals surface area contributed by atoms with Gasteiger partial charge in [-0.15, -0.1) is 0 Å². The van der Waals surface area contributed by atoms with Gasteiger partial charge in [-0.3, -0.25) is 0 Å². The number of hydrogen-bond donors (Lipinski definition) is 0. The second-order valence-electron chi connectivity index (χ2n) is 24.9. The molecule has 8 heteroatoms. The van der Waals surface area contributed by atoms with Crippen LogP contribution < -0.4 is 0 Å². The van der Waals surface area contributed by atoms with Gasteiger partial charge in [0.15, 0.2) is 5.79 Å². The first-order valence-electron chi connectivity index (χ1n) is 28.4. The average Bonchev–Trinajstić information content (AvgIpc) is 3.64. The molecule has 8 nitrogen and oxygen atoms in total. The van der Waals surface area contributed by atoms with Crippen LogP contribution >= 0.6 is 0 Å². The molecule has 2 atom stereocenters. The fourth-order valence-electron chi connectivity index (χ4n) is 9.30. The summed E-state index contributed by atoms with van der Waals surface area (Å²) in [5.74, 6) is -0.657. The fraction of sp³-hybridized carbons (Fsp3) is 0.778. The van der Waals surface area contributed by atoms with Gasteiger partial charge in [-0.1, -0.05) is 171 Å². The first kappa shape index (κ1) is 62.5. The Kier molecular flexibility index (Phi) is 28.6. The van der Waals surface area contributed by atoms with Crippen molar-refractivity contribution in [2.45, 2.75) is 264 Å². The van der Waals surface area contributed by atoms with E-state index < -0.39 is 5.79 Å². The zero-order chi connectivity index (χ0) is 52.2. The summed E-state index contributed by atoms with van der Waals surface area (Å²) in [4.78, 5) is 0. The summed E-state index contributed by atoms with van der Waals surface area (Å²) >= 11 is 0. The van der Waals surface area contributed by atoms with Crippen LogP contribution in [-0.4, -0.2) is 70.9 Å². The largest absolute Gasteiger partial charge is 0.379 e. The Bertz CT molecular complexity index is 1630. The highest BCUT2D eigenvalue weighted by Gasteiger charge is 2.47. The van der Waals surface area contributed by atoms with Gasteiger partial charge in [0.25, 0.3) is 0 Å². The van der Waals surface area contributed by atoms with Crippen LogP contribution in [-0.2, 0) is 62.9 Å². The number of rotatable bonds is 36. The van der Waals surface area contributed by atoms with Crippen LogP contribution in [0, 0.1) is 22.7 Å². The fourth-order valence-corrected chi connectivity index (χ4v) is 9.30. The molecule has 0 spiro atoms. The monoisotopic (exact) mass is 985 g/mol. The predicted octanol–water partition coefficient (Wildman–Crippen LogP) is 16.1. The van der Waals surface area contributed by atoms with E-state index >= 15 is 0 Å². The van der Waals surface area contributed by atoms with E-state index in [1.54, 1.807) is 0 Å². The topological polar surface area (TPSA) is 103 Å². The van der Waals surface area contributed by atoms with Crippen molar-refractivity contribution >= 4 is 0 Å². The third-order valence-corrected chi connectivity index (χ3v) is 14.1. The zero-order valence-electron chi connectivity index (χ0n) is 47.7. The van der Waals surface area contributed by atoms with Crippen LogP contribution in [0.2, 0.25) is 0 Å². The van der Waals surface area contributed by atoms with Crippen molar-refractivity contribution in [1.29, 1.82) is 10.5 Å². The second kappa shape index (κ2) is 32.5. The molecule has 2 aromatic carbocycles. The van der Waals surface area contributed by atoms with E-state index in [0.717, 1.165) is 89.9 Å². The highest BCUT2D eigenvalue weighted by molar-refractivity contribution is 5.38.